The first kappa shape index (κ1) is 14.7. The highest BCUT2D eigenvalue weighted by atomic mass is 16.5. The number of nitrogens with zero attached hydrogens (tertiary/aromatic N) is 1. The second kappa shape index (κ2) is 6.01. The number of carboxylic acid groups (broad SMARTS) is 1. The maximum absolute atomic E-state index is 12.0. The topological polar surface area (TPSA) is 99.1 Å². The molecule has 0 aromatic heterocycles. The number of carbonyl (C=O) groups is 2. The zero-order valence-electron chi connectivity index (χ0n) is 10.7. The molecule has 18 heavy (non-hydrogen) atoms. The van der Waals surface area contributed by atoms with E-state index in [1.54, 1.807) is 13.8 Å². The molecule has 1 saturated heterocycles. The van der Waals surface area contributed by atoms with E-state index in [0.717, 1.165) is 0 Å². The molecule has 0 aliphatic carbocycles. The van der Waals surface area contributed by atoms with E-state index in [4.69, 9.17) is 9.84 Å². The molecule has 1 fully saturated rings. The van der Waals surface area contributed by atoms with Crippen molar-refractivity contribution in [1.29, 1.82) is 0 Å². The summed E-state index contributed by atoms with van der Waals surface area (Å²) in [5.74, 6) is -1.10. The summed E-state index contributed by atoms with van der Waals surface area (Å²) >= 11 is 0. The number of aliphatic hydroxyl groups is 1. The number of rotatable bonds is 5. The number of amides is 2. The van der Waals surface area contributed by atoms with Crippen molar-refractivity contribution in [2.75, 3.05) is 26.4 Å². The lowest BCUT2D eigenvalue weighted by Gasteiger charge is -2.31. The average Bonchev–Trinajstić information content (AvgIpc) is 2.75. The normalized spacial score (nSPS) is 23.1. The molecule has 1 aliphatic rings. The van der Waals surface area contributed by atoms with Crippen molar-refractivity contribution in [2.24, 2.45) is 0 Å². The number of aliphatic carboxylic acids is 1. The molecule has 1 heterocycles. The van der Waals surface area contributed by atoms with Crippen molar-refractivity contribution in [1.82, 2.24) is 10.2 Å². The van der Waals surface area contributed by atoms with E-state index in [1.165, 1.54) is 4.90 Å². The number of hydrogen-bond acceptors (Lipinski definition) is 4. The van der Waals surface area contributed by atoms with Crippen LogP contribution >= 0.6 is 0 Å². The fraction of sp³-hybridized carbons (Fsp3) is 0.818. The van der Waals surface area contributed by atoms with Crippen LogP contribution in [-0.4, -0.2) is 65.1 Å². The van der Waals surface area contributed by atoms with Gasteiger partial charge in [-0.1, -0.05) is 0 Å². The van der Waals surface area contributed by atoms with Gasteiger partial charge in [0.2, 0.25) is 0 Å². The summed E-state index contributed by atoms with van der Waals surface area (Å²) in [6, 6.07) is -0.614. The molecular formula is C11H20N2O5. The van der Waals surface area contributed by atoms with Gasteiger partial charge in [0.1, 0.15) is 0 Å². The molecule has 1 rings (SSSR count). The molecule has 0 bridgehead atoms. The van der Waals surface area contributed by atoms with Crippen LogP contribution in [0.2, 0.25) is 0 Å². The molecule has 0 saturated carbocycles. The smallest absolute Gasteiger partial charge is 0.332 e. The fourth-order valence-electron chi connectivity index (χ4n) is 1.86. The average molecular weight is 260 g/mol. The predicted octanol–water partition coefficient (Wildman–Crippen LogP) is -0.358. The van der Waals surface area contributed by atoms with Gasteiger partial charge in [-0.25, -0.2) is 9.59 Å². The van der Waals surface area contributed by atoms with Crippen LogP contribution in [0.15, 0.2) is 0 Å². The van der Waals surface area contributed by atoms with Gasteiger partial charge in [0.05, 0.1) is 13.2 Å². The maximum Gasteiger partial charge on any atom is 0.332 e. The molecular weight excluding hydrogens is 240 g/mol. The van der Waals surface area contributed by atoms with E-state index in [-0.39, 0.29) is 32.2 Å². The summed E-state index contributed by atoms with van der Waals surface area (Å²) in [6.07, 6.45) is 0.249. The highest BCUT2D eigenvalue weighted by Crippen LogP contribution is 2.19. The van der Waals surface area contributed by atoms with E-state index in [9.17, 15) is 14.7 Å². The predicted molar refractivity (Wildman–Crippen MR) is 63.3 cm³/mol. The molecule has 1 aliphatic heterocycles. The second-order valence-corrected chi connectivity index (χ2v) is 4.63. The molecule has 0 spiro atoms. The molecule has 7 heteroatoms. The van der Waals surface area contributed by atoms with Gasteiger partial charge in [-0.15, -0.1) is 0 Å². The van der Waals surface area contributed by atoms with Gasteiger partial charge in [-0.2, -0.15) is 0 Å². The third-order valence-electron chi connectivity index (χ3n) is 3.00. The number of carbonyl (C=O) groups excluding carboxylic acids is 1. The van der Waals surface area contributed by atoms with Gasteiger partial charge in [0, 0.05) is 25.6 Å². The van der Waals surface area contributed by atoms with Gasteiger partial charge >= 0.3 is 12.0 Å². The Kier molecular flexibility index (Phi) is 4.92. The minimum absolute atomic E-state index is 0.0286. The van der Waals surface area contributed by atoms with E-state index >= 15 is 0 Å². The number of urea groups is 1. The Morgan fingerprint density at radius 3 is 2.56 bits per heavy atom. The first-order valence-electron chi connectivity index (χ1n) is 5.94. The van der Waals surface area contributed by atoms with E-state index in [1.807, 2.05) is 0 Å². The van der Waals surface area contributed by atoms with Crippen LogP contribution in [0.5, 0.6) is 0 Å². The molecule has 0 radical (unpaired) electrons. The SMILES string of the molecule is CC(C)N(CCO)C(=O)NC1(C(=O)O)CCOC1. The summed E-state index contributed by atoms with van der Waals surface area (Å²) in [5, 5.41) is 20.6. The van der Waals surface area contributed by atoms with Crippen molar-refractivity contribution >= 4 is 12.0 Å². The number of nitrogens with one attached hydrogen (secondary N) is 1. The van der Waals surface area contributed by atoms with Crippen LogP contribution in [0.3, 0.4) is 0 Å². The standard InChI is InChI=1S/C11H20N2O5/c1-8(2)13(4-5-14)10(17)12-11(9(15)16)3-6-18-7-11/h8,14H,3-7H2,1-2H3,(H,12,17)(H,15,16). The van der Waals surface area contributed by atoms with Crippen molar-refractivity contribution in [3.05, 3.63) is 0 Å². The van der Waals surface area contributed by atoms with Crippen molar-refractivity contribution < 1.29 is 24.5 Å². The third-order valence-corrected chi connectivity index (χ3v) is 3.00. The molecule has 1 unspecified atom stereocenters. The minimum Gasteiger partial charge on any atom is -0.479 e. The molecule has 0 aromatic rings. The minimum atomic E-state index is -1.35. The fourth-order valence-corrected chi connectivity index (χ4v) is 1.86. The largest absolute Gasteiger partial charge is 0.479 e. The summed E-state index contributed by atoms with van der Waals surface area (Å²) in [6.45, 7) is 3.89. The van der Waals surface area contributed by atoms with Gasteiger partial charge in [-0.05, 0) is 13.8 Å². The molecule has 0 aromatic carbocycles. The molecule has 2 amide bonds. The van der Waals surface area contributed by atoms with Crippen molar-refractivity contribution in [2.45, 2.75) is 31.8 Å². The lowest BCUT2D eigenvalue weighted by Crippen LogP contribution is -2.59. The first-order valence-corrected chi connectivity index (χ1v) is 5.94. The monoisotopic (exact) mass is 260 g/mol. The molecule has 7 nitrogen and oxygen atoms in total. The molecule has 3 N–H and O–H groups in total. The summed E-state index contributed by atoms with van der Waals surface area (Å²) in [5.41, 5.74) is -1.35. The van der Waals surface area contributed by atoms with Crippen molar-refractivity contribution in [3.8, 4) is 0 Å². The number of ether oxygens (including phenoxy) is 1. The Bertz CT molecular complexity index is 313. The Morgan fingerprint density at radius 2 is 2.17 bits per heavy atom. The zero-order valence-corrected chi connectivity index (χ0v) is 10.7. The van der Waals surface area contributed by atoms with Crippen LogP contribution in [0.4, 0.5) is 4.79 Å². The van der Waals surface area contributed by atoms with Gasteiger partial charge < -0.3 is 25.2 Å². The zero-order chi connectivity index (χ0) is 13.8. The van der Waals surface area contributed by atoms with E-state index in [0.29, 0.717) is 6.61 Å². The Labute approximate surface area is 106 Å². The van der Waals surface area contributed by atoms with Crippen LogP contribution in [0, 0.1) is 0 Å². The summed E-state index contributed by atoms with van der Waals surface area (Å²) in [7, 11) is 0. The van der Waals surface area contributed by atoms with Gasteiger partial charge in [-0.3, -0.25) is 0 Å². The highest BCUT2D eigenvalue weighted by Gasteiger charge is 2.44. The Hall–Kier alpha value is -1.34. The maximum atomic E-state index is 12.0. The van der Waals surface area contributed by atoms with E-state index < -0.39 is 17.5 Å². The number of aliphatic hydroxyl groups excluding tert-OH is 1. The van der Waals surface area contributed by atoms with Crippen LogP contribution < -0.4 is 5.32 Å². The lowest BCUT2D eigenvalue weighted by atomic mass is 9.99. The molecule has 104 valence electrons. The van der Waals surface area contributed by atoms with E-state index in [2.05, 4.69) is 5.32 Å². The van der Waals surface area contributed by atoms with Crippen molar-refractivity contribution in [3.63, 3.8) is 0 Å². The Balaban J connectivity index is 2.74. The third kappa shape index (κ3) is 3.11. The second-order valence-electron chi connectivity index (χ2n) is 4.63. The highest BCUT2D eigenvalue weighted by molar-refractivity contribution is 5.86. The quantitative estimate of drug-likeness (QED) is 0.627. The number of carboxylic acids is 1. The lowest BCUT2D eigenvalue weighted by molar-refractivity contribution is -0.144. The molecule has 1 atom stereocenters. The van der Waals surface area contributed by atoms with Crippen LogP contribution in [-0.2, 0) is 9.53 Å². The van der Waals surface area contributed by atoms with Gasteiger partial charge in [0.25, 0.3) is 0 Å². The van der Waals surface area contributed by atoms with Crippen LogP contribution in [0.25, 0.3) is 0 Å². The number of hydrogen-bond donors (Lipinski definition) is 3. The van der Waals surface area contributed by atoms with Crippen LogP contribution in [0.1, 0.15) is 20.3 Å². The first-order chi connectivity index (χ1) is 8.43. The Morgan fingerprint density at radius 1 is 1.50 bits per heavy atom. The van der Waals surface area contributed by atoms with Gasteiger partial charge in [0.15, 0.2) is 5.54 Å². The summed E-state index contributed by atoms with van der Waals surface area (Å²) in [4.78, 5) is 24.7. The summed E-state index contributed by atoms with van der Waals surface area (Å²) < 4.78 is 5.06.